The minimum atomic E-state index is -3.27. The molecule has 0 unspecified atom stereocenters. The predicted octanol–water partition coefficient (Wildman–Crippen LogP) is 6.08. The van der Waals surface area contributed by atoms with E-state index in [1.54, 1.807) is 24.3 Å². The van der Waals surface area contributed by atoms with Crippen molar-refractivity contribution in [1.82, 2.24) is 0 Å². The summed E-state index contributed by atoms with van der Waals surface area (Å²) in [6.07, 6.45) is 8.82. The van der Waals surface area contributed by atoms with E-state index < -0.39 is 15.4 Å². The van der Waals surface area contributed by atoms with Gasteiger partial charge >= 0.3 is 0 Å². The number of carbonyl (C=O) groups excluding carboxylic acids is 1. The van der Waals surface area contributed by atoms with Gasteiger partial charge in [-0.1, -0.05) is 54.2 Å². The summed E-state index contributed by atoms with van der Waals surface area (Å²) in [6.45, 7) is 4.37. The van der Waals surface area contributed by atoms with Crippen LogP contribution >= 0.6 is 0 Å². The van der Waals surface area contributed by atoms with Crippen molar-refractivity contribution in [3.63, 3.8) is 0 Å². The standard InChI is InChI=1S/C34H36O4S/c1-22-5-4-6-24(19-22)30-21-33(2)31(29-13-9-25-20-26(35)10-14-28(25)32(29)30)16-18-34(33,36)17-15-23-7-11-27(12-8-23)39(3,37)38/h4-8,11-12,19-20,29-31,36H,9-10,13-14,16,18,21H2,1-3H3/t29-,30+,31-,33-,34-/m0/s1. The zero-order valence-electron chi connectivity index (χ0n) is 23.0. The molecule has 39 heavy (non-hydrogen) atoms. The largest absolute Gasteiger partial charge is 0.377 e. The van der Waals surface area contributed by atoms with Gasteiger partial charge in [0.05, 0.1) is 4.90 Å². The van der Waals surface area contributed by atoms with Gasteiger partial charge in [-0.05, 0) is 104 Å². The van der Waals surface area contributed by atoms with Crippen LogP contribution in [0.3, 0.4) is 0 Å². The fraction of sp³-hybridized carbons (Fsp3) is 0.441. The van der Waals surface area contributed by atoms with Crippen LogP contribution in [-0.4, -0.2) is 31.2 Å². The average Bonchev–Trinajstić information content (AvgIpc) is 3.17. The molecular weight excluding hydrogens is 504 g/mol. The molecular formula is C34H36O4S. The molecule has 0 aromatic heterocycles. The molecule has 6 rings (SSSR count). The zero-order valence-corrected chi connectivity index (χ0v) is 23.8. The molecule has 4 aliphatic rings. The topological polar surface area (TPSA) is 71.4 Å². The Hall–Kier alpha value is -2.94. The molecule has 2 saturated carbocycles. The quantitative estimate of drug-likeness (QED) is 0.469. The van der Waals surface area contributed by atoms with Crippen LogP contribution in [0.2, 0.25) is 0 Å². The van der Waals surface area contributed by atoms with E-state index in [0.29, 0.717) is 30.2 Å². The second-order valence-electron chi connectivity index (χ2n) is 12.4. The van der Waals surface area contributed by atoms with Crippen LogP contribution in [0.25, 0.3) is 0 Å². The third-order valence-corrected chi connectivity index (χ3v) is 11.2. The zero-order chi connectivity index (χ0) is 27.6. The summed E-state index contributed by atoms with van der Waals surface area (Å²) in [5.41, 5.74) is 5.87. The first-order chi connectivity index (χ1) is 18.5. The highest BCUT2D eigenvalue weighted by atomic mass is 32.2. The molecule has 1 N–H and O–H groups in total. The van der Waals surface area contributed by atoms with E-state index in [-0.39, 0.29) is 22.0 Å². The normalized spacial score (nSPS) is 31.9. The first-order valence-electron chi connectivity index (χ1n) is 14.1. The first kappa shape index (κ1) is 26.3. The fourth-order valence-corrected chi connectivity index (χ4v) is 8.65. The number of hydrogen-bond acceptors (Lipinski definition) is 4. The third kappa shape index (κ3) is 4.42. The fourth-order valence-electron chi connectivity index (χ4n) is 8.02. The van der Waals surface area contributed by atoms with Gasteiger partial charge in [-0.2, -0.15) is 0 Å². The highest BCUT2D eigenvalue weighted by molar-refractivity contribution is 7.90. The lowest BCUT2D eigenvalue weighted by molar-refractivity contribution is -0.114. The Morgan fingerprint density at radius 3 is 2.51 bits per heavy atom. The summed E-state index contributed by atoms with van der Waals surface area (Å²) < 4.78 is 23.7. The van der Waals surface area contributed by atoms with Crippen LogP contribution in [0.5, 0.6) is 0 Å². The summed E-state index contributed by atoms with van der Waals surface area (Å²) in [7, 11) is -3.27. The van der Waals surface area contributed by atoms with Crippen molar-refractivity contribution in [2.45, 2.75) is 75.2 Å². The second kappa shape index (κ2) is 9.32. The number of aryl methyl sites for hydroxylation is 1. The van der Waals surface area contributed by atoms with E-state index >= 15 is 0 Å². The summed E-state index contributed by atoms with van der Waals surface area (Å²) in [4.78, 5) is 12.5. The van der Waals surface area contributed by atoms with Gasteiger partial charge in [0.1, 0.15) is 5.60 Å². The summed E-state index contributed by atoms with van der Waals surface area (Å²) in [5.74, 6) is 7.62. The van der Waals surface area contributed by atoms with E-state index in [2.05, 4.69) is 50.0 Å². The summed E-state index contributed by atoms with van der Waals surface area (Å²) >= 11 is 0. The Kier molecular flexibility index (Phi) is 6.28. The van der Waals surface area contributed by atoms with Crippen LogP contribution in [0.1, 0.15) is 74.5 Å². The Morgan fingerprint density at radius 1 is 1.03 bits per heavy atom. The molecule has 2 fully saturated rings. The number of rotatable bonds is 2. The van der Waals surface area contributed by atoms with Crippen molar-refractivity contribution >= 4 is 15.6 Å². The van der Waals surface area contributed by atoms with Gasteiger partial charge in [0, 0.05) is 29.6 Å². The molecule has 2 aromatic rings. The van der Waals surface area contributed by atoms with Gasteiger partial charge in [0.25, 0.3) is 0 Å². The maximum atomic E-state index is 12.3. The van der Waals surface area contributed by atoms with E-state index in [4.69, 9.17) is 0 Å². The maximum Gasteiger partial charge on any atom is 0.175 e. The molecule has 5 heteroatoms. The van der Waals surface area contributed by atoms with Crippen LogP contribution in [0.4, 0.5) is 0 Å². The number of benzene rings is 2. The molecule has 4 nitrogen and oxygen atoms in total. The number of fused-ring (bicyclic) bond motifs is 4. The summed E-state index contributed by atoms with van der Waals surface area (Å²) in [5, 5.41) is 12.2. The minimum absolute atomic E-state index is 0.184. The lowest BCUT2D eigenvalue weighted by Gasteiger charge is -2.53. The van der Waals surface area contributed by atoms with Crippen molar-refractivity contribution in [2.75, 3.05) is 6.26 Å². The Bertz CT molecular complexity index is 1580. The third-order valence-electron chi connectivity index (χ3n) is 10.0. The van der Waals surface area contributed by atoms with Gasteiger partial charge < -0.3 is 5.11 Å². The van der Waals surface area contributed by atoms with E-state index in [1.165, 1.54) is 34.1 Å². The van der Waals surface area contributed by atoms with E-state index in [9.17, 15) is 18.3 Å². The van der Waals surface area contributed by atoms with E-state index in [1.807, 2.05) is 6.08 Å². The SMILES string of the molecule is Cc1cccc([C@H]2C[C@@]3(C)[C@@H](CC[C@@]3(O)C#Cc3ccc(S(C)(=O)=O)cc3)[C@@H]3CCC4=CC(=O)CCC4=C32)c1. The minimum Gasteiger partial charge on any atom is -0.377 e. The molecule has 2 aromatic carbocycles. The molecule has 4 aliphatic carbocycles. The van der Waals surface area contributed by atoms with Crippen molar-refractivity contribution in [3.05, 3.63) is 88.0 Å². The smallest absolute Gasteiger partial charge is 0.175 e. The highest BCUT2D eigenvalue weighted by Crippen LogP contribution is 2.66. The molecule has 0 amide bonds. The Labute approximate surface area is 232 Å². The van der Waals surface area contributed by atoms with Gasteiger partial charge in [-0.15, -0.1) is 0 Å². The molecule has 0 saturated heterocycles. The van der Waals surface area contributed by atoms with Gasteiger partial charge in [0.2, 0.25) is 0 Å². The van der Waals surface area contributed by atoms with Gasteiger partial charge in [-0.3, -0.25) is 4.79 Å². The van der Waals surface area contributed by atoms with Crippen LogP contribution in [0, 0.1) is 36.0 Å². The van der Waals surface area contributed by atoms with Gasteiger partial charge in [0.15, 0.2) is 15.6 Å². The summed E-state index contributed by atoms with van der Waals surface area (Å²) in [6, 6.07) is 15.4. The monoisotopic (exact) mass is 540 g/mol. The van der Waals surface area contributed by atoms with Crippen LogP contribution in [0.15, 0.2) is 76.2 Å². The number of ketones is 1. The predicted molar refractivity (Wildman–Crippen MR) is 153 cm³/mol. The molecule has 0 heterocycles. The molecule has 0 spiro atoms. The molecule has 0 radical (unpaired) electrons. The van der Waals surface area contributed by atoms with Crippen molar-refractivity contribution in [3.8, 4) is 11.8 Å². The number of carbonyl (C=O) groups is 1. The number of sulfone groups is 1. The van der Waals surface area contributed by atoms with Crippen molar-refractivity contribution < 1.29 is 18.3 Å². The average molecular weight is 541 g/mol. The molecule has 0 bridgehead atoms. The first-order valence-corrected chi connectivity index (χ1v) is 16.0. The van der Waals surface area contributed by atoms with Crippen molar-refractivity contribution in [1.29, 1.82) is 0 Å². The molecule has 0 aliphatic heterocycles. The Morgan fingerprint density at radius 2 is 1.79 bits per heavy atom. The van der Waals surface area contributed by atoms with Crippen LogP contribution < -0.4 is 0 Å². The Balaban J connectivity index is 1.43. The van der Waals surface area contributed by atoms with Crippen LogP contribution in [-0.2, 0) is 14.6 Å². The molecule has 5 atom stereocenters. The maximum absolute atomic E-state index is 12.3. The van der Waals surface area contributed by atoms with E-state index in [0.717, 1.165) is 32.1 Å². The highest BCUT2D eigenvalue weighted by Gasteiger charge is 2.62. The number of allylic oxidation sites excluding steroid dienone is 4. The second-order valence-corrected chi connectivity index (χ2v) is 14.4. The van der Waals surface area contributed by atoms with Crippen molar-refractivity contribution in [2.24, 2.45) is 17.3 Å². The van der Waals surface area contributed by atoms with Gasteiger partial charge in [-0.25, -0.2) is 8.42 Å². The molecule has 202 valence electrons. The lowest BCUT2D eigenvalue weighted by Crippen LogP contribution is -2.51. The number of aliphatic hydroxyl groups is 1. The lowest BCUT2D eigenvalue weighted by atomic mass is 9.51. The number of hydrogen-bond donors (Lipinski definition) is 1.